The number of carbonyl (C=O) groups is 1. The molecule has 1 fully saturated rings. The van der Waals surface area contributed by atoms with Crippen LogP contribution in [-0.2, 0) is 26.1 Å². The standard InChI is InChI=1S/C20H23N5O5S2/c1-15(31-20-23-21-14-24(20)13-17-3-2-10-30-17)19(26)22-16-4-6-18(7-5-16)32(27,28)25-8-11-29-12-9-25/h2-7,10,14-15H,8-9,11-13H2,1H3,(H,22,26)/t15-/m0/s1. The van der Waals surface area contributed by atoms with E-state index in [1.165, 1.54) is 28.2 Å². The van der Waals surface area contributed by atoms with E-state index in [0.29, 0.717) is 43.7 Å². The van der Waals surface area contributed by atoms with Gasteiger partial charge in [0.05, 0.1) is 36.2 Å². The highest BCUT2D eigenvalue weighted by Gasteiger charge is 2.26. The molecule has 1 N–H and O–H groups in total. The van der Waals surface area contributed by atoms with Crippen LogP contribution >= 0.6 is 11.8 Å². The summed E-state index contributed by atoms with van der Waals surface area (Å²) in [5.41, 5.74) is 0.514. The highest BCUT2D eigenvalue weighted by molar-refractivity contribution is 8.00. The Labute approximate surface area is 190 Å². The zero-order valence-corrected chi connectivity index (χ0v) is 19.0. The van der Waals surface area contributed by atoms with E-state index in [1.54, 1.807) is 42.3 Å². The summed E-state index contributed by atoms with van der Waals surface area (Å²) >= 11 is 1.27. The van der Waals surface area contributed by atoms with E-state index in [9.17, 15) is 13.2 Å². The Morgan fingerprint density at radius 2 is 1.97 bits per heavy atom. The third-order valence-corrected chi connectivity index (χ3v) is 7.87. The van der Waals surface area contributed by atoms with Gasteiger partial charge in [0.2, 0.25) is 15.9 Å². The molecule has 0 spiro atoms. The van der Waals surface area contributed by atoms with Crippen molar-refractivity contribution in [2.45, 2.75) is 28.8 Å². The van der Waals surface area contributed by atoms with Crippen LogP contribution in [0.5, 0.6) is 0 Å². The predicted octanol–water partition coefficient (Wildman–Crippen LogP) is 2.06. The van der Waals surface area contributed by atoms with Crippen molar-refractivity contribution in [3.05, 3.63) is 54.7 Å². The average molecular weight is 478 g/mol. The Bertz CT molecular complexity index is 1140. The number of hydrogen-bond acceptors (Lipinski definition) is 8. The number of nitrogens with zero attached hydrogens (tertiary/aromatic N) is 4. The molecule has 10 nitrogen and oxygen atoms in total. The minimum atomic E-state index is -3.57. The number of anilines is 1. The van der Waals surface area contributed by atoms with Crippen molar-refractivity contribution < 1.29 is 22.4 Å². The van der Waals surface area contributed by atoms with E-state index in [2.05, 4.69) is 15.5 Å². The van der Waals surface area contributed by atoms with Gasteiger partial charge >= 0.3 is 0 Å². The molecule has 12 heteroatoms. The highest BCUT2D eigenvalue weighted by atomic mass is 32.2. The first kappa shape index (κ1) is 22.5. The van der Waals surface area contributed by atoms with Gasteiger partial charge in [-0.25, -0.2) is 8.42 Å². The van der Waals surface area contributed by atoms with Crippen LogP contribution in [0.1, 0.15) is 12.7 Å². The number of furan rings is 1. The number of amides is 1. The van der Waals surface area contributed by atoms with Gasteiger partial charge in [0.1, 0.15) is 12.1 Å². The van der Waals surface area contributed by atoms with Gasteiger partial charge < -0.3 is 19.0 Å². The van der Waals surface area contributed by atoms with Gasteiger partial charge in [-0.1, -0.05) is 11.8 Å². The number of nitrogens with one attached hydrogen (secondary N) is 1. The van der Waals surface area contributed by atoms with E-state index < -0.39 is 15.3 Å². The molecule has 3 aromatic rings. The van der Waals surface area contributed by atoms with E-state index in [0.717, 1.165) is 5.76 Å². The number of morpholine rings is 1. The lowest BCUT2D eigenvalue weighted by molar-refractivity contribution is -0.115. The fraction of sp³-hybridized carbons (Fsp3) is 0.350. The minimum absolute atomic E-state index is 0.186. The minimum Gasteiger partial charge on any atom is -0.467 e. The molecule has 0 radical (unpaired) electrons. The van der Waals surface area contributed by atoms with Crippen LogP contribution < -0.4 is 5.32 Å². The molecule has 4 rings (SSSR count). The average Bonchev–Trinajstić information content (AvgIpc) is 3.47. The summed E-state index contributed by atoms with van der Waals surface area (Å²) < 4.78 is 39.2. The maximum Gasteiger partial charge on any atom is 0.243 e. The third-order valence-electron chi connectivity index (χ3n) is 4.87. The quantitative estimate of drug-likeness (QED) is 0.490. The molecule has 170 valence electrons. The van der Waals surface area contributed by atoms with E-state index >= 15 is 0 Å². The number of carbonyl (C=O) groups excluding carboxylic acids is 1. The van der Waals surface area contributed by atoms with Crippen LogP contribution in [0.4, 0.5) is 5.69 Å². The summed E-state index contributed by atoms with van der Waals surface area (Å²) in [6, 6.07) is 9.83. The van der Waals surface area contributed by atoms with Gasteiger partial charge in [0.15, 0.2) is 5.16 Å². The van der Waals surface area contributed by atoms with Crippen molar-refractivity contribution in [1.29, 1.82) is 0 Å². The molecule has 1 amide bonds. The maximum atomic E-state index is 12.7. The van der Waals surface area contributed by atoms with Gasteiger partial charge in [0, 0.05) is 18.8 Å². The van der Waals surface area contributed by atoms with Gasteiger partial charge in [-0.05, 0) is 43.3 Å². The number of hydrogen-bond donors (Lipinski definition) is 1. The molecule has 32 heavy (non-hydrogen) atoms. The fourth-order valence-electron chi connectivity index (χ4n) is 3.12. The topological polar surface area (TPSA) is 120 Å². The van der Waals surface area contributed by atoms with E-state index in [4.69, 9.17) is 9.15 Å². The summed E-state index contributed by atoms with van der Waals surface area (Å²) in [5, 5.41) is 11.0. The van der Waals surface area contributed by atoms with Crippen molar-refractivity contribution in [2.24, 2.45) is 0 Å². The smallest absolute Gasteiger partial charge is 0.243 e. The summed E-state index contributed by atoms with van der Waals surface area (Å²) in [6.07, 6.45) is 3.18. The maximum absolute atomic E-state index is 12.7. The first-order chi connectivity index (χ1) is 15.4. The first-order valence-corrected chi connectivity index (χ1v) is 12.3. The summed E-state index contributed by atoms with van der Waals surface area (Å²) in [5.74, 6) is 0.530. The van der Waals surface area contributed by atoms with E-state index in [-0.39, 0.29) is 10.8 Å². The number of rotatable bonds is 8. The van der Waals surface area contributed by atoms with Crippen LogP contribution in [0.15, 0.2) is 63.5 Å². The molecular weight excluding hydrogens is 454 g/mol. The molecule has 0 bridgehead atoms. The molecular formula is C20H23N5O5S2. The molecule has 2 aromatic heterocycles. The zero-order valence-electron chi connectivity index (χ0n) is 17.4. The number of aromatic nitrogens is 3. The number of sulfonamides is 1. The van der Waals surface area contributed by atoms with Crippen LogP contribution in [0.25, 0.3) is 0 Å². The Hall–Kier alpha value is -2.67. The third kappa shape index (κ3) is 5.21. The largest absolute Gasteiger partial charge is 0.467 e. The van der Waals surface area contributed by atoms with Gasteiger partial charge in [-0.15, -0.1) is 10.2 Å². The van der Waals surface area contributed by atoms with Crippen molar-refractivity contribution in [1.82, 2.24) is 19.1 Å². The SMILES string of the molecule is C[C@H](Sc1nncn1Cc1ccco1)C(=O)Nc1ccc(S(=O)(=O)N2CCOCC2)cc1. The van der Waals surface area contributed by atoms with Gasteiger partial charge in [0.25, 0.3) is 0 Å². The second-order valence-corrected chi connectivity index (χ2v) is 10.4. The summed E-state index contributed by atoms with van der Waals surface area (Å²) in [4.78, 5) is 12.8. The van der Waals surface area contributed by atoms with Crippen molar-refractivity contribution in [3.8, 4) is 0 Å². The lowest BCUT2D eigenvalue weighted by Crippen LogP contribution is -2.40. The van der Waals surface area contributed by atoms with E-state index in [1.807, 2.05) is 6.07 Å². The number of benzene rings is 1. The molecule has 3 heterocycles. The highest BCUT2D eigenvalue weighted by Crippen LogP contribution is 2.24. The fourth-order valence-corrected chi connectivity index (χ4v) is 5.35. The van der Waals surface area contributed by atoms with Crippen molar-refractivity contribution in [3.63, 3.8) is 0 Å². The van der Waals surface area contributed by atoms with Crippen molar-refractivity contribution >= 4 is 33.4 Å². The predicted molar refractivity (Wildman–Crippen MR) is 118 cm³/mol. The number of thioether (sulfide) groups is 1. The summed E-state index contributed by atoms with van der Waals surface area (Å²) in [6.45, 7) is 3.68. The second kappa shape index (κ2) is 9.86. The Kier molecular flexibility index (Phi) is 6.94. The summed E-state index contributed by atoms with van der Waals surface area (Å²) in [7, 11) is -3.57. The Balaban J connectivity index is 1.36. The lowest BCUT2D eigenvalue weighted by Gasteiger charge is -2.26. The molecule has 1 aromatic carbocycles. The Morgan fingerprint density at radius 1 is 1.22 bits per heavy atom. The molecule has 0 aliphatic carbocycles. The molecule has 1 saturated heterocycles. The number of ether oxygens (including phenoxy) is 1. The van der Waals surface area contributed by atoms with Crippen molar-refractivity contribution in [2.75, 3.05) is 31.6 Å². The van der Waals surface area contributed by atoms with Crippen LogP contribution in [0.3, 0.4) is 0 Å². The zero-order chi connectivity index (χ0) is 22.6. The van der Waals surface area contributed by atoms with Crippen LogP contribution in [-0.4, -0.2) is 64.9 Å². The normalized spacial score (nSPS) is 16.0. The van der Waals surface area contributed by atoms with Gasteiger partial charge in [-0.2, -0.15) is 4.31 Å². The van der Waals surface area contributed by atoms with Crippen LogP contribution in [0.2, 0.25) is 0 Å². The molecule has 0 saturated carbocycles. The monoisotopic (exact) mass is 477 g/mol. The van der Waals surface area contributed by atoms with Crippen LogP contribution in [0, 0.1) is 0 Å². The molecule has 1 atom stereocenters. The van der Waals surface area contributed by atoms with Gasteiger partial charge in [-0.3, -0.25) is 4.79 Å². The first-order valence-electron chi connectivity index (χ1n) is 9.99. The molecule has 0 unspecified atom stereocenters. The molecule has 1 aliphatic heterocycles. The Morgan fingerprint density at radius 3 is 2.66 bits per heavy atom. The molecule has 1 aliphatic rings. The second-order valence-electron chi connectivity index (χ2n) is 7.11. The lowest BCUT2D eigenvalue weighted by atomic mass is 10.3.